The minimum atomic E-state index is -4.46. The van der Waals surface area contributed by atoms with Gasteiger partial charge in [0.25, 0.3) is 0 Å². The highest BCUT2D eigenvalue weighted by Gasteiger charge is 2.34. The molecule has 1 unspecified atom stereocenters. The van der Waals surface area contributed by atoms with Crippen molar-refractivity contribution < 1.29 is 22.6 Å². The predicted molar refractivity (Wildman–Crippen MR) is 65.9 cm³/mol. The highest BCUT2D eigenvalue weighted by atomic mass is 19.4. The Hall–Kier alpha value is -1.27. The highest BCUT2D eigenvalue weighted by Crippen LogP contribution is 2.37. The van der Waals surface area contributed by atoms with Crippen LogP contribution in [0.5, 0.6) is 5.75 Å². The van der Waals surface area contributed by atoms with Crippen molar-refractivity contribution in [1.82, 2.24) is 0 Å². The highest BCUT2D eigenvalue weighted by molar-refractivity contribution is 5.39. The van der Waals surface area contributed by atoms with Crippen molar-refractivity contribution >= 4 is 0 Å². The molecule has 2 N–H and O–H groups in total. The first kappa shape index (κ1) is 15.8. The third kappa shape index (κ3) is 5.08. The van der Waals surface area contributed by atoms with E-state index in [-0.39, 0.29) is 18.6 Å². The summed E-state index contributed by atoms with van der Waals surface area (Å²) in [7, 11) is 0. The normalized spacial score (nSPS) is 13.4. The minimum absolute atomic E-state index is 0.198. The van der Waals surface area contributed by atoms with Gasteiger partial charge in [-0.1, -0.05) is 6.07 Å². The summed E-state index contributed by atoms with van der Waals surface area (Å²) in [5.74, 6) is -0.227. The summed E-state index contributed by atoms with van der Waals surface area (Å²) in [5, 5.41) is 0. The van der Waals surface area contributed by atoms with E-state index < -0.39 is 11.7 Å². The average molecular weight is 277 g/mol. The van der Waals surface area contributed by atoms with Gasteiger partial charge < -0.3 is 15.2 Å². The Bertz CT molecular complexity index is 405. The Morgan fingerprint density at radius 1 is 1.32 bits per heavy atom. The molecule has 0 fully saturated rings. The molecule has 1 aromatic rings. The zero-order valence-electron chi connectivity index (χ0n) is 11.0. The number of benzene rings is 1. The van der Waals surface area contributed by atoms with Crippen LogP contribution in [0, 0.1) is 0 Å². The largest absolute Gasteiger partial charge is 0.467 e. The molecule has 0 bridgehead atoms. The van der Waals surface area contributed by atoms with Gasteiger partial charge in [-0.15, -0.1) is 0 Å². The molecular formula is C13H18F3NO2. The summed E-state index contributed by atoms with van der Waals surface area (Å²) in [5.41, 5.74) is 5.32. The second-order valence-electron chi connectivity index (χ2n) is 4.26. The number of hydrogen-bond donors (Lipinski definition) is 1. The fraction of sp³-hybridized carbons (Fsp3) is 0.538. The summed E-state index contributed by atoms with van der Waals surface area (Å²) in [4.78, 5) is 0. The van der Waals surface area contributed by atoms with Gasteiger partial charge in [0.2, 0.25) is 0 Å². The van der Waals surface area contributed by atoms with E-state index in [1.165, 1.54) is 6.07 Å². The lowest BCUT2D eigenvalue weighted by Gasteiger charge is -2.16. The summed E-state index contributed by atoms with van der Waals surface area (Å²) in [6.07, 6.45) is -4.08. The van der Waals surface area contributed by atoms with E-state index in [1.54, 1.807) is 19.9 Å². The fourth-order valence-electron chi connectivity index (χ4n) is 1.61. The Morgan fingerprint density at radius 2 is 2.00 bits per heavy atom. The number of alkyl halides is 3. The van der Waals surface area contributed by atoms with Gasteiger partial charge in [-0.3, -0.25) is 0 Å². The molecule has 0 radical (unpaired) electrons. The zero-order chi connectivity index (χ0) is 14.5. The number of hydrogen-bond acceptors (Lipinski definition) is 3. The van der Waals surface area contributed by atoms with Crippen LogP contribution in [0.25, 0.3) is 0 Å². The van der Waals surface area contributed by atoms with E-state index in [2.05, 4.69) is 0 Å². The number of halogens is 3. The molecule has 6 heteroatoms. The van der Waals surface area contributed by atoms with Crippen LogP contribution < -0.4 is 10.5 Å². The van der Waals surface area contributed by atoms with E-state index in [9.17, 15) is 13.2 Å². The van der Waals surface area contributed by atoms with Crippen molar-refractivity contribution in [3.8, 4) is 5.75 Å². The Morgan fingerprint density at radius 3 is 2.53 bits per heavy atom. The van der Waals surface area contributed by atoms with Crippen LogP contribution in [0.4, 0.5) is 13.2 Å². The van der Waals surface area contributed by atoms with Crippen molar-refractivity contribution in [2.75, 3.05) is 13.4 Å². The smallest absolute Gasteiger partial charge is 0.419 e. The lowest BCUT2D eigenvalue weighted by molar-refractivity contribution is -0.139. The molecule has 0 aliphatic rings. The number of ether oxygens (including phenoxy) is 2. The van der Waals surface area contributed by atoms with E-state index in [1.807, 2.05) is 0 Å². The summed E-state index contributed by atoms with van der Waals surface area (Å²) in [6.45, 7) is 3.66. The fourth-order valence-corrected chi connectivity index (χ4v) is 1.61. The molecular weight excluding hydrogens is 259 g/mol. The summed E-state index contributed by atoms with van der Waals surface area (Å²) >= 11 is 0. The Kier molecular flexibility index (Phi) is 5.62. The third-order valence-corrected chi connectivity index (χ3v) is 2.41. The first-order valence-electron chi connectivity index (χ1n) is 6.00. The predicted octanol–water partition coefficient (Wildman–Crippen LogP) is 2.97. The van der Waals surface area contributed by atoms with Crippen LogP contribution in [0.3, 0.4) is 0 Å². The first-order chi connectivity index (χ1) is 8.84. The van der Waals surface area contributed by atoms with E-state index in [0.717, 1.165) is 6.07 Å². The molecule has 1 rings (SSSR count). The van der Waals surface area contributed by atoms with Crippen LogP contribution in [0.1, 0.15) is 25.0 Å². The van der Waals surface area contributed by atoms with Crippen molar-refractivity contribution in [2.45, 2.75) is 32.5 Å². The van der Waals surface area contributed by atoms with Crippen LogP contribution in [0.2, 0.25) is 0 Å². The molecule has 0 aliphatic heterocycles. The zero-order valence-corrected chi connectivity index (χ0v) is 11.0. The van der Waals surface area contributed by atoms with Crippen LogP contribution in [-0.2, 0) is 17.3 Å². The van der Waals surface area contributed by atoms with Gasteiger partial charge in [0, 0.05) is 12.6 Å². The molecule has 1 atom stereocenters. The van der Waals surface area contributed by atoms with Gasteiger partial charge in [-0.2, -0.15) is 13.2 Å². The van der Waals surface area contributed by atoms with Gasteiger partial charge in [0.1, 0.15) is 5.75 Å². The number of rotatable bonds is 6. The van der Waals surface area contributed by atoms with Gasteiger partial charge >= 0.3 is 6.18 Å². The Labute approximate surface area is 110 Å². The SMILES string of the molecule is CCOCOc1ccc(CC(C)N)cc1C(F)(F)F. The van der Waals surface area contributed by atoms with Gasteiger partial charge in [0.15, 0.2) is 6.79 Å². The van der Waals surface area contributed by atoms with Crippen LogP contribution in [-0.4, -0.2) is 19.4 Å². The molecule has 0 aliphatic carbocycles. The maximum absolute atomic E-state index is 12.9. The maximum atomic E-state index is 12.9. The van der Waals surface area contributed by atoms with Gasteiger partial charge in [-0.05, 0) is 38.0 Å². The summed E-state index contributed by atoms with van der Waals surface area (Å²) < 4.78 is 48.6. The van der Waals surface area contributed by atoms with Gasteiger partial charge in [0.05, 0.1) is 5.56 Å². The van der Waals surface area contributed by atoms with Crippen molar-refractivity contribution in [2.24, 2.45) is 5.73 Å². The van der Waals surface area contributed by atoms with E-state index in [4.69, 9.17) is 15.2 Å². The maximum Gasteiger partial charge on any atom is 0.419 e. The van der Waals surface area contributed by atoms with Crippen molar-refractivity contribution in [3.05, 3.63) is 29.3 Å². The van der Waals surface area contributed by atoms with E-state index >= 15 is 0 Å². The molecule has 0 saturated carbocycles. The molecule has 1 aromatic carbocycles. The van der Waals surface area contributed by atoms with Crippen LogP contribution in [0.15, 0.2) is 18.2 Å². The topological polar surface area (TPSA) is 44.5 Å². The molecule has 0 aromatic heterocycles. The van der Waals surface area contributed by atoms with Crippen molar-refractivity contribution in [3.63, 3.8) is 0 Å². The average Bonchev–Trinajstić information content (AvgIpc) is 2.29. The molecule has 0 heterocycles. The third-order valence-electron chi connectivity index (χ3n) is 2.41. The quantitative estimate of drug-likeness (QED) is 0.642. The molecule has 0 saturated heterocycles. The lowest BCUT2D eigenvalue weighted by atomic mass is 10.0. The second-order valence-corrected chi connectivity index (χ2v) is 4.26. The molecule has 19 heavy (non-hydrogen) atoms. The van der Waals surface area contributed by atoms with Crippen LogP contribution >= 0.6 is 0 Å². The molecule has 3 nitrogen and oxygen atoms in total. The molecule has 0 amide bonds. The minimum Gasteiger partial charge on any atom is -0.467 e. The second kappa shape index (κ2) is 6.77. The van der Waals surface area contributed by atoms with Crippen molar-refractivity contribution in [1.29, 1.82) is 0 Å². The number of nitrogens with two attached hydrogens (primary N) is 1. The molecule has 108 valence electrons. The monoisotopic (exact) mass is 277 g/mol. The summed E-state index contributed by atoms with van der Waals surface area (Å²) in [6, 6.07) is 3.76. The Balaban J connectivity index is 2.96. The van der Waals surface area contributed by atoms with E-state index in [0.29, 0.717) is 18.6 Å². The standard InChI is InChI=1S/C13H18F3NO2/c1-3-18-8-19-12-5-4-10(6-9(2)17)7-11(12)13(14,15)16/h4-5,7,9H,3,6,8,17H2,1-2H3. The molecule has 0 spiro atoms. The van der Waals surface area contributed by atoms with Gasteiger partial charge in [-0.25, -0.2) is 0 Å². The first-order valence-corrected chi connectivity index (χ1v) is 6.00. The lowest BCUT2D eigenvalue weighted by Crippen LogP contribution is -2.18.